The minimum atomic E-state index is -1.58. The van der Waals surface area contributed by atoms with Gasteiger partial charge in [-0.2, -0.15) is 0 Å². The molecule has 0 saturated heterocycles. The van der Waals surface area contributed by atoms with Crippen LogP contribution in [0, 0.1) is 23.7 Å². The third-order valence-corrected chi connectivity index (χ3v) is 8.64. The van der Waals surface area contributed by atoms with Crippen LogP contribution < -0.4 is 0 Å². The highest BCUT2D eigenvalue weighted by atomic mass is 16.6. The number of aliphatic hydroxyl groups is 3. The molecule has 0 aliphatic carbocycles. The zero-order chi connectivity index (χ0) is 34.4. The molecule has 0 saturated carbocycles. The number of allylic oxidation sites excluding steroid dienone is 3. The van der Waals surface area contributed by atoms with Gasteiger partial charge in [0.25, 0.3) is 0 Å². The fourth-order valence-electron chi connectivity index (χ4n) is 5.28. The maximum absolute atomic E-state index is 12.8. The summed E-state index contributed by atoms with van der Waals surface area (Å²) in [4.78, 5) is 59.1. The molecule has 0 bridgehead atoms. The summed E-state index contributed by atoms with van der Waals surface area (Å²) in [5, 5.41) is 40.4. The number of Topliss-reactive ketones (excluding diaryl/α,β-unsaturated/α-hetero) is 1. The van der Waals surface area contributed by atoms with Crippen LogP contribution in [0.3, 0.4) is 0 Å². The summed E-state index contributed by atoms with van der Waals surface area (Å²) in [5.74, 6) is -4.57. The van der Waals surface area contributed by atoms with Gasteiger partial charge in [0, 0.05) is 29.9 Å². The lowest BCUT2D eigenvalue weighted by molar-refractivity contribution is -0.154. The number of aliphatic carboxylic acids is 1. The molecule has 4 N–H and O–H groups in total. The molecule has 11 heteroatoms. The van der Waals surface area contributed by atoms with Crippen molar-refractivity contribution in [1.29, 1.82) is 0 Å². The lowest BCUT2D eigenvalue weighted by Gasteiger charge is -2.27. The van der Waals surface area contributed by atoms with Crippen LogP contribution >= 0.6 is 0 Å². The number of carboxylic acid groups (broad SMARTS) is 1. The topological polar surface area (TPSA) is 185 Å². The van der Waals surface area contributed by atoms with Crippen LogP contribution in [0.5, 0.6) is 0 Å². The van der Waals surface area contributed by atoms with Gasteiger partial charge >= 0.3 is 23.9 Å². The summed E-state index contributed by atoms with van der Waals surface area (Å²) in [6, 6.07) is 0. The molecule has 0 aromatic rings. The summed E-state index contributed by atoms with van der Waals surface area (Å²) in [6.45, 7) is 12.4. The van der Waals surface area contributed by atoms with Gasteiger partial charge in [0.2, 0.25) is 0 Å². The van der Waals surface area contributed by atoms with Crippen LogP contribution in [0.4, 0.5) is 0 Å². The van der Waals surface area contributed by atoms with Gasteiger partial charge in [-0.25, -0.2) is 14.4 Å². The molecule has 1 unspecified atom stereocenters. The third kappa shape index (κ3) is 13.8. The highest BCUT2D eigenvalue weighted by Crippen LogP contribution is 2.26. The molecule has 1 rings (SSSR count). The van der Waals surface area contributed by atoms with Gasteiger partial charge in [0.15, 0.2) is 0 Å². The van der Waals surface area contributed by atoms with E-state index >= 15 is 0 Å². The Morgan fingerprint density at radius 1 is 0.867 bits per heavy atom. The number of ketones is 1. The van der Waals surface area contributed by atoms with Crippen LogP contribution in [0.1, 0.15) is 99.8 Å². The van der Waals surface area contributed by atoms with E-state index in [2.05, 4.69) is 24.7 Å². The third-order valence-electron chi connectivity index (χ3n) is 8.64. The van der Waals surface area contributed by atoms with E-state index in [0.717, 1.165) is 43.8 Å². The quantitative estimate of drug-likeness (QED) is 0.0612. The van der Waals surface area contributed by atoms with E-state index in [-0.39, 0.29) is 23.4 Å². The largest absolute Gasteiger partial charge is 0.478 e. The zero-order valence-electron chi connectivity index (χ0n) is 27.7. The Bertz CT molecular complexity index is 1130. The van der Waals surface area contributed by atoms with E-state index < -0.39 is 66.5 Å². The first-order valence-electron chi connectivity index (χ1n) is 15.8. The van der Waals surface area contributed by atoms with Crippen molar-refractivity contribution < 1.29 is 53.9 Å². The molecule has 0 fully saturated rings. The normalized spacial score (nSPS) is 19.5. The van der Waals surface area contributed by atoms with Gasteiger partial charge in [-0.1, -0.05) is 52.3 Å². The second-order valence-corrected chi connectivity index (χ2v) is 12.5. The maximum atomic E-state index is 12.8. The summed E-state index contributed by atoms with van der Waals surface area (Å²) in [6.07, 6.45) is 4.33. The second-order valence-electron chi connectivity index (χ2n) is 12.5. The van der Waals surface area contributed by atoms with Crippen LogP contribution in [0.15, 0.2) is 34.9 Å². The number of aliphatic hydroxyl groups excluding tert-OH is 3. The lowest BCUT2D eigenvalue weighted by Crippen LogP contribution is -2.36. The van der Waals surface area contributed by atoms with Crippen LogP contribution in [0.25, 0.3) is 0 Å². The molecule has 8 atom stereocenters. The Morgan fingerprint density at radius 3 is 2.04 bits per heavy atom. The number of carbonyl (C=O) groups is 5. The highest BCUT2D eigenvalue weighted by molar-refractivity contribution is 6.12. The van der Waals surface area contributed by atoms with Crippen molar-refractivity contribution in [1.82, 2.24) is 0 Å². The minimum Gasteiger partial charge on any atom is -0.478 e. The van der Waals surface area contributed by atoms with Crippen molar-refractivity contribution in [3.63, 3.8) is 0 Å². The number of rotatable bonds is 21. The predicted molar refractivity (Wildman–Crippen MR) is 167 cm³/mol. The molecule has 1 heterocycles. The molecule has 11 nitrogen and oxygen atoms in total. The molecule has 45 heavy (non-hydrogen) atoms. The van der Waals surface area contributed by atoms with Crippen LogP contribution in [-0.4, -0.2) is 74.5 Å². The SMILES string of the molecule is CCC(/C=C/C(=O)O)=C\CC[C@@H](C)C[C@@H](C)CC[C@H](O)[C@H](C)C(=O)CC(O)[C@H](C)[C@@H](C)OC(=O)C[C@@H](O)C1=C(C)C(=O)OC1=O. The number of cyclic esters (lactones) is 2. The average Bonchev–Trinajstić information content (AvgIpc) is 3.22. The maximum Gasteiger partial charge on any atom is 0.345 e. The summed E-state index contributed by atoms with van der Waals surface area (Å²) >= 11 is 0. The highest BCUT2D eigenvalue weighted by Gasteiger charge is 2.36. The molecule has 0 radical (unpaired) electrons. The van der Waals surface area contributed by atoms with Gasteiger partial charge < -0.3 is 29.9 Å². The molecule has 0 spiro atoms. The van der Waals surface area contributed by atoms with Gasteiger partial charge in [-0.15, -0.1) is 0 Å². The van der Waals surface area contributed by atoms with Crippen LogP contribution in [0.2, 0.25) is 0 Å². The molecule has 1 aliphatic heterocycles. The zero-order valence-corrected chi connectivity index (χ0v) is 27.7. The van der Waals surface area contributed by atoms with E-state index in [4.69, 9.17) is 9.84 Å². The van der Waals surface area contributed by atoms with Gasteiger partial charge in [0.1, 0.15) is 11.9 Å². The number of hydrogen-bond donors (Lipinski definition) is 4. The number of carboxylic acids is 1. The van der Waals surface area contributed by atoms with E-state index in [1.807, 2.05) is 6.92 Å². The molecular formula is C34H52O11. The fraction of sp³-hybridized carbons (Fsp3) is 0.676. The van der Waals surface area contributed by atoms with Crippen molar-refractivity contribution in [3.05, 3.63) is 34.9 Å². The Hall–Kier alpha value is -3.15. The monoisotopic (exact) mass is 636 g/mol. The van der Waals surface area contributed by atoms with Crippen LogP contribution in [-0.2, 0) is 33.4 Å². The average molecular weight is 637 g/mol. The molecule has 0 amide bonds. The van der Waals surface area contributed by atoms with Crippen molar-refractivity contribution in [2.24, 2.45) is 23.7 Å². The van der Waals surface area contributed by atoms with E-state index in [1.54, 1.807) is 19.9 Å². The minimum absolute atomic E-state index is 0.0737. The predicted octanol–water partition coefficient (Wildman–Crippen LogP) is 4.22. The standard InChI is InChI=1S/C34H52O11/c1-8-25(13-15-30(39)40)11-9-10-19(2)16-20(3)12-14-26(35)22(5)28(37)17-27(36)21(4)24(7)44-31(41)18-29(38)32-23(6)33(42)45-34(32)43/h11,13,15,19-22,24,26-27,29,35-36,38H,8-10,12,14,16-18H2,1-7H3,(H,39,40)/b15-13+,25-11+/t19-,20+,21-,22+,24-,26+,27?,29-/m1/s1. The van der Waals surface area contributed by atoms with Gasteiger partial charge in [-0.3, -0.25) is 9.59 Å². The number of esters is 3. The van der Waals surface area contributed by atoms with Gasteiger partial charge in [0.05, 0.1) is 30.3 Å². The van der Waals surface area contributed by atoms with Crippen molar-refractivity contribution in [3.8, 4) is 0 Å². The van der Waals surface area contributed by atoms with E-state index in [1.165, 1.54) is 13.8 Å². The number of carbonyl (C=O) groups excluding carboxylic acids is 4. The molecule has 0 aromatic carbocycles. The molecular weight excluding hydrogens is 584 g/mol. The molecule has 1 aliphatic rings. The molecule has 254 valence electrons. The Balaban J connectivity index is 2.48. The Kier molecular flexibility index (Phi) is 17.2. The number of hydrogen-bond acceptors (Lipinski definition) is 10. The van der Waals surface area contributed by atoms with E-state index in [0.29, 0.717) is 18.3 Å². The lowest BCUT2D eigenvalue weighted by atomic mass is 9.85. The van der Waals surface area contributed by atoms with Crippen molar-refractivity contribution in [2.45, 2.75) is 124 Å². The smallest absolute Gasteiger partial charge is 0.345 e. The molecule has 0 aromatic heterocycles. The summed E-state index contributed by atoms with van der Waals surface area (Å²) < 4.78 is 9.73. The van der Waals surface area contributed by atoms with Crippen molar-refractivity contribution >= 4 is 29.7 Å². The first-order valence-corrected chi connectivity index (χ1v) is 15.8. The van der Waals surface area contributed by atoms with E-state index in [9.17, 15) is 39.3 Å². The Morgan fingerprint density at radius 2 is 1.49 bits per heavy atom. The summed E-state index contributed by atoms with van der Waals surface area (Å²) in [5.41, 5.74) is 0.629. The number of ether oxygens (including phenoxy) is 2. The summed E-state index contributed by atoms with van der Waals surface area (Å²) in [7, 11) is 0. The second kappa shape index (κ2) is 19.4. The Labute approximate surface area is 266 Å². The first kappa shape index (κ1) is 39.9. The first-order chi connectivity index (χ1) is 21.0. The van der Waals surface area contributed by atoms with Crippen molar-refractivity contribution in [2.75, 3.05) is 0 Å². The fourth-order valence-corrected chi connectivity index (χ4v) is 5.28. The van der Waals surface area contributed by atoms with Gasteiger partial charge in [-0.05, 0) is 64.2 Å².